The second kappa shape index (κ2) is 6.37. The largest absolute Gasteiger partial charge is 0.507 e. The zero-order valence-electron chi connectivity index (χ0n) is 14.1. The first kappa shape index (κ1) is 15.9. The van der Waals surface area contributed by atoms with Crippen molar-refractivity contribution in [1.82, 2.24) is 9.38 Å². The Bertz CT molecular complexity index is 1120. The second-order valence-electron chi connectivity index (χ2n) is 5.79. The van der Waals surface area contributed by atoms with Gasteiger partial charge in [0.05, 0.1) is 18.2 Å². The Balaban J connectivity index is 2.03. The number of esters is 1. The molecule has 0 amide bonds. The van der Waals surface area contributed by atoms with E-state index in [-0.39, 0.29) is 5.75 Å². The van der Waals surface area contributed by atoms with Crippen LogP contribution in [-0.4, -0.2) is 27.6 Å². The number of hydrogen-bond acceptors (Lipinski definition) is 4. The Morgan fingerprint density at radius 3 is 2.42 bits per heavy atom. The van der Waals surface area contributed by atoms with Crippen molar-refractivity contribution in [2.75, 3.05) is 7.11 Å². The number of imidazole rings is 1. The molecule has 5 nitrogen and oxygen atoms in total. The first-order chi connectivity index (χ1) is 12.7. The van der Waals surface area contributed by atoms with Crippen molar-refractivity contribution in [2.45, 2.75) is 0 Å². The molecule has 0 spiro atoms. The number of carbonyl (C=O) groups excluding carboxylic acids is 1. The number of phenols is 1. The molecule has 0 fully saturated rings. The van der Waals surface area contributed by atoms with E-state index in [1.54, 1.807) is 24.3 Å². The van der Waals surface area contributed by atoms with Crippen molar-refractivity contribution >= 4 is 11.5 Å². The molecule has 0 radical (unpaired) electrons. The van der Waals surface area contributed by atoms with Crippen LogP contribution in [0.4, 0.5) is 0 Å². The summed E-state index contributed by atoms with van der Waals surface area (Å²) < 4.78 is 6.81. The number of benzene rings is 2. The monoisotopic (exact) mass is 344 g/mol. The minimum atomic E-state index is -0.419. The van der Waals surface area contributed by atoms with Crippen LogP contribution in [0.5, 0.6) is 5.75 Å². The van der Waals surface area contributed by atoms with Gasteiger partial charge < -0.3 is 9.84 Å². The average molecular weight is 344 g/mol. The number of nitrogens with zero attached hydrogens (tertiary/aromatic N) is 2. The topological polar surface area (TPSA) is 63.8 Å². The van der Waals surface area contributed by atoms with Crippen LogP contribution < -0.4 is 0 Å². The van der Waals surface area contributed by atoms with Gasteiger partial charge in [-0.15, -0.1) is 0 Å². The summed E-state index contributed by atoms with van der Waals surface area (Å²) in [7, 11) is 1.36. The minimum Gasteiger partial charge on any atom is -0.507 e. The molecule has 128 valence electrons. The molecule has 0 aliphatic heterocycles. The number of hydrogen-bond donors (Lipinski definition) is 1. The van der Waals surface area contributed by atoms with Crippen molar-refractivity contribution in [2.24, 2.45) is 0 Å². The van der Waals surface area contributed by atoms with Gasteiger partial charge in [0.15, 0.2) is 0 Å². The fourth-order valence-electron chi connectivity index (χ4n) is 3.07. The quantitative estimate of drug-likeness (QED) is 0.567. The number of fused-ring (bicyclic) bond motifs is 1. The fourth-order valence-corrected chi connectivity index (χ4v) is 3.07. The van der Waals surface area contributed by atoms with Gasteiger partial charge in [-0.3, -0.25) is 4.40 Å². The maximum atomic E-state index is 12.2. The molecule has 0 bridgehead atoms. The Kier molecular flexibility index (Phi) is 3.89. The Hall–Kier alpha value is -3.60. The van der Waals surface area contributed by atoms with E-state index in [9.17, 15) is 9.90 Å². The summed E-state index contributed by atoms with van der Waals surface area (Å²) in [6.07, 6.45) is 1.88. The molecule has 26 heavy (non-hydrogen) atoms. The second-order valence-corrected chi connectivity index (χ2v) is 5.79. The molecule has 0 atom stereocenters. The van der Waals surface area contributed by atoms with Gasteiger partial charge in [0.1, 0.15) is 17.3 Å². The fraction of sp³-hybridized carbons (Fsp3) is 0.0476. The highest BCUT2D eigenvalue weighted by molar-refractivity contribution is 5.97. The molecule has 2 aromatic carbocycles. The Labute approximate surface area is 150 Å². The highest BCUT2D eigenvalue weighted by Gasteiger charge is 2.20. The summed E-state index contributed by atoms with van der Waals surface area (Å²) in [4.78, 5) is 16.9. The van der Waals surface area contributed by atoms with Crippen molar-refractivity contribution in [3.63, 3.8) is 0 Å². The Morgan fingerprint density at radius 2 is 1.65 bits per heavy atom. The molecular formula is C21H16N2O3. The van der Waals surface area contributed by atoms with Crippen LogP contribution in [0.2, 0.25) is 0 Å². The maximum absolute atomic E-state index is 12.2. The SMILES string of the molecule is COC(=O)c1ccccc1-c1nc(-c2ccccc2O)c2ccccn12. The van der Waals surface area contributed by atoms with Crippen LogP contribution in [-0.2, 0) is 4.74 Å². The first-order valence-corrected chi connectivity index (χ1v) is 8.14. The van der Waals surface area contributed by atoms with Crippen molar-refractivity contribution in [3.8, 4) is 28.4 Å². The molecule has 5 heteroatoms. The smallest absolute Gasteiger partial charge is 0.338 e. The number of pyridine rings is 1. The van der Waals surface area contributed by atoms with Crippen molar-refractivity contribution in [3.05, 3.63) is 78.5 Å². The maximum Gasteiger partial charge on any atom is 0.338 e. The van der Waals surface area contributed by atoms with E-state index in [0.717, 1.165) is 5.52 Å². The van der Waals surface area contributed by atoms with E-state index < -0.39 is 5.97 Å². The average Bonchev–Trinajstić information content (AvgIpc) is 3.07. The van der Waals surface area contributed by atoms with E-state index in [2.05, 4.69) is 0 Å². The van der Waals surface area contributed by atoms with E-state index in [1.807, 2.05) is 53.1 Å². The number of para-hydroxylation sites is 1. The molecule has 4 aromatic rings. The molecule has 2 aromatic heterocycles. The van der Waals surface area contributed by atoms with E-state index in [4.69, 9.17) is 9.72 Å². The van der Waals surface area contributed by atoms with Crippen LogP contribution >= 0.6 is 0 Å². The van der Waals surface area contributed by atoms with Gasteiger partial charge in [0.25, 0.3) is 0 Å². The van der Waals surface area contributed by atoms with E-state index in [1.165, 1.54) is 7.11 Å². The summed E-state index contributed by atoms with van der Waals surface area (Å²) in [5, 5.41) is 10.3. The molecule has 0 aliphatic carbocycles. The normalized spacial score (nSPS) is 10.8. The van der Waals surface area contributed by atoms with Gasteiger partial charge in [-0.1, -0.05) is 36.4 Å². The molecule has 0 saturated carbocycles. The van der Waals surface area contributed by atoms with Crippen molar-refractivity contribution < 1.29 is 14.6 Å². The van der Waals surface area contributed by atoms with Gasteiger partial charge in [0.2, 0.25) is 0 Å². The number of ether oxygens (including phenoxy) is 1. The molecule has 0 aliphatic rings. The van der Waals surface area contributed by atoms with Crippen LogP contribution in [0.3, 0.4) is 0 Å². The van der Waals surface area contributed by atoms with Gasteiger partial charge in [-0.05, 0) is 30.3 Å². The van der Waals surface area contributed by atoms with Crippen molar-refractivity contribution in [1.29, 1.82) is 0 Å². The summed E-state index contributed by atoms with van der Waals surface area (Å²) in [5.41, 5.74) is 3.23. The molecule has 0 saturated heterocycles. The lowest BCUT2D eigenvalue weighted by Gasteiger charge is -2.06. The van der Waals surface area contributed by atoms with Gasteiger partial charge in [-0.25, -0.2) is 9.78 Å². The summed E-state index contributed by atoms with van der Waals surface area (Å²) in [5.74, 6) is 0.349. The molecule has 2 heterocycles. The predicted molar refractivity (Wildman–Crippen MR) is 99.1 cm³/mol. The number of carbonyl (C=O) groups is 1. The third-order valence-electron chi connectivity index (χ3n) is 4.28. The van der Waals surface area contributed by atoms with Crippen LogP contribution in [0.1, 0.15) is 10.4 Å². The number of aromatic hydroxyl groups is 1. The number of methoxy groups -OCH3 is 1. The molecule has 0 unspecified atom stereocenters. The summed E-state index contributed by atoms with van der Waals surface area (Å²) in [6, 6.07) is 20.0. The third kappa shape index (κ3) is 2.50. The third-order valence-corrected chi connectivity index (χ3v) is 4.28. The number of rotatable bonds is 3. The lowest BCUT2D eigenvalue weighted by atomic mass is 10.1. The minimum absolute atomic E-state index is 0.157. The van der Waals surface area contributed by atoms with E-state index >= 15 is 0 Å². The van der Waals surface area contributed by atoms with Crippen LogP contribution in [0, 0.1) is 0 Å². The van der Waals surface area contributed by atoms with Crippen LogP contribution in [0.25, 0.3) is 28.2 Å². The van der Waals surface area contributed by atoms with E-state index in [0.29, 0.717) is 28.2 Å². The van der Waals surface area contributed by atoms with Gasteiger partial charge >= 0.3 is 5.97 Å². The standard InChI is InChI=1S/C21H16N2O3/c1-26-21(25)15-9-3-2-8-14(15)20-22-19(16-10-4-5-12-18(16)24)17-11-6-7-13-23(17)20/h2-13,24H,1H3. The zero-order chi connectivity index (χ0) is 18.1. The van der Waals surface area contributed by atoms with Crippen LogP contribution in [0.15, 0.2) is 72.9 Å². The zero-order valence-corrected chi connectivity index (χ0v) is 14.1. The highest BCUT2D eigenvalue weighted by atomic mass is 16.5. The lowest BCUT2D eigenvalue weighted by molar-refractivity contribution is 0.0601. The molecular weight excluding hydrogens is 328 g/mol. The summed E-state index contributed by atoms with van der Waals surface area (Å²) in [6.45, 7) is 0. The van der Waals surface area contributed by atoms with Gasteiger partial charge in [0, 0.05) is 17.3 Å². The predicted octanol–water partition coefficient (Wildman–Crippen LogP) is 4.16. The number of aromatic nitrogens is 2. The van der Waals surface area contributed by atoms with Gasteiger partial charge in [-0.2, -0.15) is 0 Å². The highest BCUT2D eigenvalue weighted by Crippen LogP contribution is 2.35. The first-order valence-electron chi connectivity index (χ1n) is 8.14. The summed E-state index contributed by atoms with van der Waals surface area (Å²) >= 11 is 0. The number of phenolic OH excluding ortho intramolecular Hbond substituents is 1. The lowest BCUT2D eigenvalue weighted by Crippen LogP contribution is -2.04. The Morgan fingerprint density at radius 1 is 0.962 bits per heavy atom. The molecule has 4 rings (SSSR count). The molecule has 1 N–H and O–H groups in total.